The summed E-state index contributed by atoms with van der Waals surface area (Å²) in [5.74, 6) is 0.417. The molecule has 0 aliphatic heterocycles. The van der Waals surface area contributed by atoms with Crippen LogP contribution >= 0.6 is 11.6 Å². The van der Waals surface area contributed by atoms with Gasteiger partial charge in [-0.3, -0.25) is 0 Å². The Bertz CT molecular complexity index is 1090. The normalized spacial score (nSPS) is 10.6. The Kier molecular flexibility index (Phi) is 5.17. The smallest absolute Gasteiger partial charge is 0.338 e. The first-order valence-corrected chi connectivity index (χ1v) is 8.98. The zero-order valence-electron chi connectivity index (χ0n) is 14.7. The van der Waals surface area contributed by atoms with Crippen molar-refractivity contribution in [3.63, 3.8) is 0 Å². The zero-order valence-corrected chi connectivity index (χ0v) is 15.5. The molecular formula is C22H15ClN2O3. The highest BCUT2D eigenvalue weighted by molar-refractivity contribution is 6.30. The van der Waals surface area contributed by atoms with Gasteiger partial charge in [0.1, 0.15) is 6.61 Å². The van der Waals surface area contributed by atoms with Crippen molar-refractivity contribution in [1.29, 1.82) is 0 Å². The van der Waals surface area contributed by atoms with Crippen molar-refractivity contribution in [2.45, 2.75) is 6.61 Å². The van der Waals surface area contributed by atoms with Crippen LogP contribution in [0.25, 0.3) is 22.9 Å². The Morgan fingerprint density at radius 2 is 1.54 bits per heavy atom. The summed E-state index contributed by atoms with van der Waals surface area (Å²) in [6, 6.07) is 23.6. The molecule has 1 aromatic heterocycles. The fourth-order valence-electron chi connectivity index (χ4n) is 2.65. The van der Waals surface area contributed by atoms with Crippen LogP contribution in [-0.4, -0.2) is 16.2 Å². The molecule has 0 amide bonds. The van der Waals surface area contributed by atoms with Crippen molar-refractivity contribution < 1.29 is 13.9 Å². The van der Waals surface area contributed by atoms with Gasteiger partial charge >= 0.3 is 5.97 Å². The summed E-state index contributed by atoms with van der Waals surface area (Å²) in [6.07, 6.45) is 0. The van der Waals surface area contributed by atoms with Crippen LogP contribution in [0, 0.1) is 0 Å². The van der Waals surface area contributed by atoms with Gasteiger partial charge in [0.2, 0.25) is 11.8 Å². The maximum absolute atomic E-state index is 12.2. The van der Waals surface area contributed by atoms with E-state index in [-0.39, 0.29) is 6.61 Å². The minimum absolute atomic E-state index is 0.158. The number of rotatable bonds is 5. The van der Waals surface area contributed by atoms with Crippen molar-refractivity contribution >= 4 is 17.6 Å². The molecule has 0 aliphatic carbocycles. The van der Waals surface area contributed by atoms with Crippen LogP contribution in [-0.2, 0) is 11.3 Å². The molecule has 0 aliphatic rings. The van der Waals surface area contributed by atoms with Gasteiger partial charge in [0, 0.05) is 16.1 Å². The Morgan fingerprint density at radius 3 is 2.21 bits per heavy atom. The van der Waals surface area contributed by atoms with Crippen molar-refractivity contribution in [3.8, 4) is 22.9 Å². The molecular weight excluding hydrogens is 376 g/mol. The van der Waals surface area contributed by atoms with Crippen molar-refractivity contribution in [3.05, 3.63) is 95.0 Å². The summed E-state index contributed by atoms with van der Waals surface area (Å²) in [5, 5.41) is 8.75. The molecule has 0 N–H and O–H groups in total. The number of hydrogen-bond acceptors (Lipinski definition) is 5. The first-order chi connectivity index (χ1) is 13.7. The first kappa shape index (κ1) is 17.9. The van der Waals surface area contributed by atoms with Crippen LogP contribution in [0.3, 0.4) is 0 Å². The summed E-state index contributed by atoms with van der Waals surface area (Å²) in [7, 11) is 0. The van der Waals surface area contributed by atoms with Gasteiger partial charge in [-0.2, -0.15) is 0 Å². The largest absolute Gasteiger partial charge is 0.457 e. The summed E-state index contributed by atoms with van der Waals surface area (Å²) < 4.78 is 11.0. The van der Waals surface area contributed by atoms with E-state index in [0.717, 1.165) is 16.7 Å². The van der Waals surface area contributed by atoms with E-state index in [9.17, 15) is 4.79 Å². The molecule has 138 valence electrons. The van der Waals surface area contributed by atoms with Crippen LogP contribution in [0.1, 0.15) is 15.9 Å². The molecule has 4 aromatic rings. The Balaban J connectivity index is 1.44. The maximum atomic E-state index is 12.2. The lowest BCUT2D eigenvalue weighted by Crippen LogP contribution is -2.05. The topological polar surface area (TPSA) is 65.2 Å². The highest BCUT2D eigenvalue weighted by atomic mass is 35.5. The molecule has 5 nitrogen and oxygen atoms in total. The van der Waals surface area contributed by atoms with E-state index in [0.29, 0.717) is 22.4 Å². The third kappa shape index (κ3) is 4.10. The van der Waals surface area contributed by atoms with Gasteiger partial charge in [0.15, 0.2) is 0 Å². The number of ether oxygens (including phenoxy) is 1. The third-order valence-corrected chi connectivity index (χ3v) is 4.31. The van der Waals surface area contributed by atoms with Gasteiger partial charge in [-0.1, -0.05) is 41.9 Å². The lowest BCUT2D eigenvalue weighted by molar-refractivity contribution is 0.0472. The summed E-state index contributed by atoms with van der Waals surface area (Å²) in [4.78, 5) is 12.2. The monoisotopic (exact) mass is 390 g/mol. The van der Waals surface area contributed by atoms with E-state index in [1.54, 1.807) is 36.4 Å². The number of carbonyl (C=O) groups excluding carboxylic acids is 1. The van der Waals surface area contributed by atoms with Gasteiger partial charge in [0.25, 0.3) is 0 Å². The molecule has 0 saturated heterocycles. The molecule has 0 atom stereocenters. The number of hydrogen-bond donors (Lipinski definition) is 0. The van der Waals surface area contributed by atoms with E-state index in [4.69, 9.17) is 20.8 Å². The van der Waals surface area contributed by atoms with Gasteiger partial charge < -0.3 is 9.15 Å². The van der Waals surface area contributed by atoms with Crippen molar-refractivity contribution in [2.75, 3.05) is 0 Å². The number of halogens is 1. The van der Waals surface area contributed by atoms with Crippen LogP contribution < -0.4 is 0 Å². The number of nitrogens with zero attached hydrogens (tertiary/aromatic N) is 2. The number of esters is 1. The predicted molar refractivity (Wildman–Crippen MR) is 106 cm³/mol. The highest BCUT2D eigenvalue weighted by Crippen LogP contribution is 2.24. The summed E-state index contributed by atoms with van der Waals surface area (Å²) in [6.45, 7) is 0.158. The van der Waals surface area contributed by atoms with Crippen molar-refractivity contribution in [1.82, 2.24) is 10.2 Å². The fraction of sp³-hybridized carbons (Fsp3) is 0.0455. The molecule has 0 fully saturated rings. The molecule has 0 saturated carbocycles. The van der Waals surface area contributed by atoms with Crippen LogP contribution in [0.2, 0.25) is 5.02 Å². The van der Waals surface area contributed by atoms with Gasteiger partial charge in [-0.05, 0) is 54.1 Å². The van der Waals surface area contributed by atoms with Gasteiger partial charge in [0.05, 0.1) is 5.56 Å². The van der Waals surface area contributed by atoms with E-state index >= 15 is 0 Å². The second-order valence-electron chi connectivity index (χ2n) is 6.06. The van der Waals surface area contributed by atoms with E-state index in [1.807, 2.05) is 42.5 Å². The molecule has 0 unspecified atom stereocenters. The Hall–Kier alpha value is -3.44. The molecule has 28 heavy (non-hydrogen) atoms. The molecule has 3 aromatic carbocycles. The summed E-state index contributed by atoms with van der Waals surface area (Å²) >= 11 is 5.93. The molecule has 0 spiro atoms. The lowest BCUT2D eigenvalue weighted by atomic mass is 10.1. The minimum atomic E-state index is -0.415. The van der Waals surface area contributed by atoms with E-state index in [2.05, 4.69) is 10.2 Å². The maximum Gasteiger partial charge on any atom is 0.338 e. The first-order valence-electron chi connectivity index (χ1n) is 8.60. The molecule has 0 radical (unpaired) electrons. The predicted octanol–water partition coefficient (Wildman–Crippen LogP) is 5.41. The third-order valence-electron chi connectivity index (χ3n) is 4.07. The molecule has 6 heteroatoms. The number of aromatic nitrogens is 2. The van der Waals surface area contributed by atoms with Crippen LogP contribution in [0.5, 0.6) is 0 Å². The second-order valence-corrected chi connectivity index (χ2v) is 6.50. The Morgan fingerprint density at radius 1 is 0.857 bits per heavy atom. The highest BCUT2D eigenvalue weighted by Gasteiger charge is 2.12. The van der Waals surface area contributed by atoms with E-state index < -0.39 is 5.97 Å². The molecule has 0 bridgehead atoms. The number of benzene rings is 3. The number of carbonyl (C=O) groups is 1. The summed E-state index contributed by atoms with van der Waals surface area (Å²) in [5.41, 5.74) is 2.84. The fourth-order valence-corrected chi connectivity index (χ4v) is 2.86. The minimum Gasteiger partial charge on any atom is -0.457 e. The Labute approximate surface area is 166 Å². The van der Waals surface area contributed by atoms with Crippen molar-refractivity contribution in [2.24, 2.45) is 0 Å². The zero-order chi connectivity index (χ0) is 19.3. The standard InChI is InChI=1S/C22H15ClN2O3/c23-19-8-4-5-15(13-19)14-27-22(26)18-11-9-17(10-12-18)21-25-24-20(28-21)16-6-2-1-3-7-16/h1-13H,14H2. The lowest BCUT2D eigenvalue weighted by Gasteiger charge is -2.05. The van der Waals surface area contributed by atoms with Crippen LogP contribution in [0.15, 0.2) is 83.3 Å². The average molecular weight is 391 g/mol. The molecule has 4 rings (SSSR count). The van der Waals surface area contributed by atoms with Crippen LogP contribution in [0.4, 0.5) is 0 Å². The molecule has 1 heterocycles. The van der Waals surface area contributed by atoms with Gasteiger partial charge in [-0.25, -0.2) is 4.79 Å². The van der Waals surface area contributed by atoms with Gasteiger partial charge in [-0.15, -0.1) is 10.2 Å². The second kappa shape index (κ2) is 8.06. The SMILES string of the molecule is O=C(OCc1cccc(Cl)c1)c1ccc(-c2nnc(-c3ccccc3)o2)cc1. The average Bonchev–Trinajstić information content (AvgIpc) is 3.23. The quantitative estimate of drug-likeness (QED) is 0.426. The van der Waals surface area contributed by atoms with E-state index in [1.165, 1.54) is 0 Å².